The van der Waals surface area contributed by atoms with E-state index in [-0.39, 0.29) is 0 Å². The average Bonchev–Trinajstić information content (AvgIpc) is 2.89. The highest BCUT2D eigenvalue weighted by molar-refractivity contribution is 5.50. The lowest BCUT2D eigenvalue weighted by Crippen LogP contribution is -2.68. The Kier molecular flexibility index (Phi) is 3.74. The molecule has 3 unspecified atom stereocenters. The lowest BCUT2D eigenvalue weighted by Gasteiger charge is -2.63. The third-order valence-electron chi connectivity index (χ3n) is 5.75. The number of methoxy groups -OCH3 is 1. The molecule has 1 spiro atoms. The summed E-state index contributed by atoms with van der Waals surface area (Å²) in [5, 5.41) is 3.78. The summed E-state index contributed by atoms with van der Waals surface area (Å²) in [7, 11) is 1.69. The van der Waals surface area contributed by atoms with Gasteiger partial charge in [-0.3, -0.25) is 0 Å². The summed E-state index contributed by atoms with van der Waals surface area (Å²) in [5.74, 6) is 1.60. The summed E-state index contributed by atoms with van der Waals surface area (Å²) < 4.78 is 16.7. The van der Waals surface area contributed by atoms with Gasteiger partial charge in [0, 0.05) is 42.8 Å². The van der Waals surface area contributed by atoms with Crippen LogP contribution < -0.4 is 10.1 Å². The van der Waals surface area contributed by atoms with E-state index in [0.717, 1.165) is 18.0 Å². The van der Waals surface area contributed by atoms with E-state index in [4.69, 9.17) is 14.2 Å². The lowest BCUT2D eigenvalue weighted by molar-refractivity contribution is -0.158. The second-order valence-corrected chi connectivity index (χ2v) is 6.82. The van der Waals surface area contributed by atoms with Crippen LogP contribution in [0.5, 0.6) is 5.75 Å². The molecule has 3 fully saturated rings. The maximum absolute atomic E-state index is 5.99. The fraction of sp³-hybridized carbons (Fsp3) is 0.667. The standard InChI is InChI=1S/C18H25NO3/c1-20-10-11-21-14-5-2-4-13(12-14)19-16-15-6-9-22-17(15)18(16)7-3-8-18/h2,4-5,12,15-17,19H,3,6-11H2,1H3. The lowest BCUT2D eigenvalue weighted by atomic mass is 9.46. The summed E-state index contributed by atoms with van der Waals surface area (Å²) in [5.41, 5.74) is 1.57. The minimum atomic E-state index is 0.411. The number of hydrogen-bond acceptors (Lipinski definition) is 4. The Bertz CT molecular complexity index is 529. The van der Waals surface area contributed by atoms with Gasteiger partial charge in [0.15, 0.2) is 0 Å². The van der Waals surface area contributed by atoms with E-state index in [9.17, 15) is 0 Å². The normalized spacial score (nSPS) is 31.2. The van der Waals surface area contributed by atoms with E-state index < -0.39 is 0 Å². The molecule has 4 nitrogen and oxygen atoms in total. The molecular weight excluding hydrogens is 278 g/mol. The predicted octanol–water partition coefficient (Wildman–Crippen LogP) is 3.08. The Morgan fingerprint density at radius 1 is 1.32 bits per heavy atom. The van der Waals surface area contributed by atoms with Crippen LogP contribution in [0.1, 0.15) is 25.7 Å². The van der Waals surface area contributed by atoms with Crippen LogP contribution in [0.2, 0.25) is 0 Å². The van der Waals surface area contributed by atoms with Gasteiger partial charge in [-0.2, -0.15) is 0 Å². The van der Waals surface area contributed by atoms with E-state index in [1.807, 2.05) is 6.07 Å². The van der Waals surface area contributed by atoms with Gasteiger partial charge in [0.25, 0.3) is 0 Å². The van der Waals surface area contributed by atoms with Crippen LogP contribution >= 0.6 is 0 Å². The fourth-order valence-corrected chi connectivity index (χ4v) is 4.55. The third-order valence-corrected chi connectivity index (χ3v) is 5.75. The topological polar surface area (TPSA) is 39.7 Å². The van der Waals surface area contributed by atoms with Crippen molar-refractivity contribution in [3.8, 4) is 5.75 Å². The molecule has 1 N–H and O–H groups in total. The molecule has 1 heterocycles. The smallest absolute Gasteiger partial charge is 0.121 e. The Morgan fingerprint density at radius 2 is 2.23 bits per heavy atom. The zero-order valence-corrected chi connectivity index (χ0v) is 13.2. The van der Waals surface area contributed by atoms with Gasteiger partial charge in [-0.15, -0.1) is 0 Å². The van der Waals surface area contributed by atoms with Gasteiger partial charge in [-0.05, 0) is 31.4 Å². The molecule has 3 atom stereocenters. The second-order valence-electron chi connectivity index (χ2n) is 6.82. The number of ether oxygens (including phenoxy) is 3. The number of rotatable bonds is 6. The maximum Gasteiger partial charge on any atom is 0.121 e. The van der Waals surface area contributed by atoms with Gasteiger partial charge in [0.05, 0.1) is 12.7 Å². The summed E-state index contributed by atoms with van der Waals surface area (Å²) in [6, 6.07) is 8.87. The molecule has 3 aliphatic rings. The number of nitrogens with one attached hydrogen (secondary N) is 1. The highest BCUT2D eigenvalue weighted by Gasteiger charge is 2.66. The number of benzene rings is 1. The van der Waals surface area contributed by atoms with Crippen LogP contribution in [0, 0.1) is 11.3 Å². The first-order valence-corrected chi connectivity index (χ1v) is 8.43. The maximum atomic E-state index is 5.99. The van der Waals surface area contributed by atoms with Gasteiger partial charge in [-0.1, -0.05) is 12.5 Å². The fourth-order valence-electron chi connectivity index (χ4n) is 4.55. The predicted molar refractivity (Wildman–Crippen MR) is 85.4 cm³/mol. The number of hydrogen-bond donors (Lipinski definition) is 1. The Balaban J connectivity index is 1.43. The van der Waals surface area contributed by atoms with E-state index in [1.165, 1.54) is 25.7 Å². The molecule has 1 aromatic rings. The molecular formula is C18H25NO3. The largest absolute Gasteiger partial charge is 0.491 e. The highest BCUT2D eigenvalue weighted by Crippen LogP contribution is 2.63. The molecule has 120 valence electrons. The van der Waals surface area contributed by atoms with Crippen molar-refractivity contribution < 1.29 is 14.2 Å². The summed E-state index contributed by atoms with van der Waals surface area (Å²) in [4.78, 5) is 0. The van der Waals surface area contributed by atoms with Crippen molar-refractivity contribution >= 4 is 5.69 Å². The molecule has 2 aliphatic carbocycles. The molecule has 0 bridgehead atoms. The Morgan fingerprint density at radius 3 is 3.00 bits per heavy atom. The van der Waals surface area contributed by atoms with Crippen LogP contribution in [0.4, 0.5) is 5.69 Å². The van der Waals surface area contributed by atoms with E-state index in [0.29, 0.717) is 36.7 Å². The quantitative estimate of drug-likeness (QED) is 0.820. The van der Waals surface area contributed by atoms with Crippen molar-refractivity contribution in [2.24, 2.45) is 11.3 Å². The monoisotopic (exact) mass is 303 g/mol. The molecule has 1 saturated heterocycles. The molecule has 4 heteroatoms. The van der Waals surface area contributed by atoms with Crippen molar-refractivity contribution in [1.82, 2.24) is 0 Å². The van der Waals surface area contributed by atoms with Gasteiger partial charge >= 0.3 is 0 Å². The second kappa shape index (κ2) is 5.74. The van der Waals surface area contributed by atoms with E-state index >= 15 is 0 Å². The minimum Gasteiger partial charge on any atom is -0.491 e. The average molecular weight is 303 g/mol. The van der Waals surface area contributed by atoms with E-state index in [2.05, 4.69) is 23.5 Å². The first-order chi connectivity index (χ1) is 10.8. The van der Waals surface area contributed by atoms with Crippen LogP contribution in [0.25, 0.3) is 0 Å². The molecule has 2 saturated carbocycles. The first kappa shape index (κ1) is 14.3. The van der Waals surface area contributed by atoms with Crippen LogP contribution in [0.3, 0.4) is 0 Å². The van der Waals surface area contributed by atoms with Gasteiger partial charge in [-0.25, -0.2) is 0 Å². The van der Waals surface area contributed by atoms with Gasteiger partial charge in [0.1, 0.15) is 12.4 Å². The minimum absolute atomic E-state index is 0.411. The van der Waals surface area contributed by atoms with Gasteiger partial charge < -0.3 is 19.5 Å². The number of fused-ring (bicyclic) bond motifs is 2. The van der Waals surface area contributed by atoms with Crippen molar-refractivity contribution in [1.29, 1.82) is 0 Å². The van der Waals surface area contributed by atoms with Crippen molar-refractivity contribution in [2.75, 3.05) is 32.2 Å². The zero-order valence-electron chi connectivity index (χ0n) is 13.2. The summed E-state index contributed by atoms with van der Waals surface area (Å²) >= 11 is 0. The molecule has 1 aromatic carbocycles. The molecule has 1 aliphatic heterocycles. The summed E-state index contributed by atoms with van der Waals surface area (Å²) in [6.07, 6.45) is 5.70. The number of anilines is 1. The Hall–Kier alpha value is -1.26. The van der Waals surface area contributed by atoms with Crippen LogP contribution in [0.15, 0.2) is 24.3 Å². The van der Waals surface area contributed by atoms with Gasteiger partial charge in [0.2, 0.25) is 0 Å². The highest BCUT2D eigenvalue weighted by atomic mass is 16.5. The first-order valence-electron chi connectivity index (χ1n) is 8.43. The van der Waals surface area contributed by atoms with Crippen LogP contribution in [-0.4, -0.2) is 39.1 Å². The summed E-state index contributed by atoms with van der Waals surface area (Å²) in [6.45, 7) is 2.14. The van der Waals surface area contributed by atoms with Crippen LogP contribution in [-0.2, 0) is 9.47 Å². The molecule has 22 heavy (non-hydrogen) atoms. The molecule has 0 aromatic heterocycles. The SMILES string of the molecule is COCCOc1cccc(NC2C3CCOC3C23CCC3)c1. The van der Waals surface area contributed by atoms with Crippen molar-refractivity contribution in [2.45, 2.75) is 37.8 Å². The molecule has 0 amide bonds. The Labute approximate surface area is 132 Å². The van der Waals surface area contributed by atoms with E-state index in [1.54, 1.807) is 7.11 Å². The molecule has 4 rings (SSSR count). The third kappa shape index (κ3) is 2.20. The zero-order chi connectivity index (χ0) is 15.0. The molecule has 0 radical (unpaired) electrons. The van der Waals surface area contributed by atoms with Crippen molar-refractivity contribution in [3.05, 3.63) is 24.3 Å². The van der Waals surface area contributed by atoms with Crippen molar-refractivity contribution in [3.63, 3.8) is 0 Å².